The Hall–Kier alpha value is -7.20. The molecule has 0 spiro atoms. The van der Waals surface area contributed by atoms with E-state index in [4.69, 9.17) is 19.2 Å². The van der Waals surface area contributed by atoms with Crippen molar-refractivity contribution >= 4 is 51.5 Å². The van der Waals surface area contributed by atoms with Crippen molar-refractivity contribution in [3.05, 3.63) is 108 Å². The zero-order chi connectivity index (χ0) is 44.8. The fourth-order valence-electron chi connectivity index (χ4n) is 9.36. The maximum atomic E-state index is 14.4. The highest BCUT2D eigenvalue weighted by Gasteiger charge is 2.42. The number of carboxylic acid groups (broad SMARTS) is 1. The van der Waals surface area contributed by atoms with Gasteiger partial charge in [-0.25, -0.2) is 19.6 Å². The number of carbonyl (C=O) groups excluding carboxylic acids is 3. The van der Waals surface area contributed by atoms with Crippen LogP contribution in [0.2, 0.25) is 0 Å². The number of imidazole rings is 2. The zero-order valence-corrected chi connectivity index (χ0v) is 36.2. The molecule has 4 aromatic carbocycles. The number of rotatable bonds is 11. The van der Waals surface area contributed by atoms with Gasteiger partial charge in [0, 0.05) is 36.6 Å². The van der Waals surface area contributed by atoms with E-state index in [1.54, 1.807) is 23.1 Å². The number of alkyl carbamates (subject to hydrolysis) is 1. The molecular weight excluding hydrogens is 817 g/mol. The summed E-state index contributed by atoms with van der Waals surface area (Å²) in [6.07, 6.45) is 3.00. The van der Waals surface area contributed by atoms with Crippen LogP contribution >= 0.6 is 0 Å². The minimum Gasteiger partial charge on any atom is -0.488 e. The van der Waals surface area contributed by atoms with E-state index in [9.17, 15) is 24.3 Å². The Morgan fingerprint density at radius 1 is 0.969 bits per heavy atom. The third-order valence-corrected chi connectivity index (χ3v) is 12.5. The summed E-state index contributed by atoms with van der Waals surface area (Å²) in [7, 11) is 2.92. The number of aromatic amines is 2. The highest BCUT2D eigenvalue weighted by Crippen LogP contribution is 2.44. The predicted molar refractivity (Wildman–Crippen MR) is 239 cm³/mol. The van der Waals surface area contributed by atoms with Gasteiger partial charge in [0.05, 0.1) is 48.4 Å². The summed E-state index contributed by atoms with van der Waals surface area (Å²) >= 11 is 0. The Labute approximate surface area is 369 Å². The van der Waals surface area contributed by atoms with E-state index in [2.05, 4.69) is 43.8 Å². The monoisotopic (exact) mass is 866 g/mol. The summed E-state index contributed by atoms with van der Waals surface area (Å²) < 4.78 is 16.9. The summed E-state index contributed by atoms with van der Waals surface area (Å²) in [6.45, 7) is 6.80. The van der Waals surface area contributed by atoms with Crippen LogP contribution in [0.5, 0.6) is 5.75 Å². The Bertz CT molecular complexity index is 2820. The number of nitrogens with one attached hydrogen (secondary N) is 4. The largest absolute Gasteiger partial charge is 0.488 e. The van der Waals surface area contributed by atoms with Gasteiger partial charge >= 0.3 is 12.2 Å². The first kappa shape index (κ1) is 42.1. The molecule has 1 saturated heterocycles. The molecule has 16 nitrogen and oxygen atoms in total. The summed E-state index contributed by atoms with van der Waals surface area (Å²) in [6, 6.07) is 21.1. The second-order valence-electron chi connectivity index (χ2n) is 17.1. The Morgan fingerprint density at radius 2 is 1.78 bits per heavy atom. The normalized spacial score (nSPS) is 18.9. The maximum absolute atomic E-state index is 14.4. The van der Waals surface area contributed by atoms with E-state index >= 15 is 0 Å². The number of hydrogen-bond acceptors (Lipinski definition) is 9. The average Bonchev–Trinajstić information content (AvgIpc) is 4.12. The lowest BCUT2D eigenvalue weighted by molar-refractivity contribution is -0.135. The number of ether oxygens (including phenoxy) is 3. The molecule has 9 rings (SSSR count). The van der Waals surface area contributed by atoms with Gasteiger partial charge in [0.25, 0.3) is 5.91 Å². The first-order chi connectivity index (χ1) is 30.9. The molecule has 0 bridgehead atoms. The molecule has 330 valence electrons. The number of aromatic nitrogens is 4. The second-order valence-corrected chi connectivity index (χ2v) is 17.1. The van der Waals surface area contributed by atoms with E-state index in [1.165, 1.54) is 7.11 Å². The van der Waals surface area contributed by atoms with Crippen LogP contribution in [0.1, 0.15) is 68.5 Å². The van der Waals surface area contributed by atoms with Crippen molar-refractivity contribution in [1.82, 2.24) is 40.4 Å². The summed E-state index contributed by atoms with van der Waals surface area (Å²) in [5.41, 5.74) is 7.52. The van der Waals surface area contributed by atoms with Gasteiger partial charge in [0.15, 0.2) is 5.82 Å². The van der Waals surface area contributed by atoms with Crippen LogP contribution in [-0.2, 0) is 25.7 Å². The number of nitrogens with zero attached hydrogens (tertiary/aromatic N) is 4. The number of carbonyl (C=O) groups is 4. The van der Waals surface area contributed by atoms with Gasteiger partial charge in [-0.1, -0.05) is 68.5 Å². The van der Waals surface area contributed by atoms with Gasteiger partial charge in [0.1, 0.15) is 30.3 Å². The van der Waals surface area contributed by atoms with Crippen LogP contribution in [0, 0.1) is 11.8 Å². The molecule has 0 radical (unpaired) electrons. The summed E-state index contributed by atoms with van der Waals surface area (Å²) in [4.78, 5) is 72.2. The number of H-pyrrole nitrogens is 2. The molecule has 5 atom stereocenters. The van der Waals surface area contributed by atoms with Gasteiger partial charge < -0.3 is 49.7 Å². The topological polar surface area (TPSA) is 204 Å². The first-order valence-corrected chi connectivity index (χ1v) is 21.4. The standard InChI is InChI=1S/C48H50N8O8/c1-25(2)40(53-47(59)60)46(58)56-26(3)11-16-37(56)43-49-21-36(51-43)30-12-14-32-31(18-30)24-64-39-20-33-29(19-34(32)39)13-15-35-42(33)52-44(50-35)38-17-27(23-62-4)22-55(38)45(57)41(54-48(61)63-5)28-9-7-6-8-10-28/h6-10,12-16,18-21,25-27,38,40-41,53H,11,17,22-24H2,1-5H3,(H,49,51)(H,50,52)(H,54,61)(H,59,60)/t26-,27-,38?,40-,41?/m0/s1. The average molecular weight is 867 g/mol. The fraction of sp³-hybridized carbons (Fsp3) is 0.333. The molecule has 3 aliphatic heterocycles. The van der Waals surface area contributed by atoms with E-state index in [0.29, 0.717) is 55.5 Å². The molecular formula is C48H50N8O8. The van der Waals surface area contributed by atoms with Crippen LogP contribution in [-0.4, -0.2) is 98.3 Å². The molecule has 2 unspecified atom stereocenters. The molecule has 16 heteroatoms. The van der Waals surface area contributed by atoms with Crippen molar-refractivity contribution in [2.24, 2.45) is 11.8 Å². The van der Waals surface area contributed by atoms with E-state index < -0.39 is 30.3 Å². The van der Waals surface area contributed by atoms with Gasteiger partial charge in [-0.15, -0.1) is 0 Å². The SMILES string of the molecule is COC[C@H]1CC(c2nc3ccc4cc5c(cc4c3[nH]2)OCc2cc(-c3cnc(C4=CC[C@H](C)N4C(=O)[C@@H](NC(=O)O)C(C)C)[nH]3)ccc2-5)N(C(=O)C(NC(=O)OC)c2ccccc2)C1. The number of amides is 4. The Balaban J connectivity index is 0.989. The molecule has 64 heavy (non-hydrogen) atoms. The van der Waals surface area contributed by atoms with Crippen LogP contribution in [0.25, 0.3) is 49.9 Å². The smallest absolute Gasteiger partial charge is 0.407 e. The molecule has 0 aliphatic carbocycles. The van der Waals surface area contributed by atoms with Gasteiger partial charge in [-0.05, 0) is 77.6 Å². The zero-order valence-electron chi connectivity index (χ0n) is 36.2. The van der Waals surface area contributed by atoms with Crippen molar-refractivity contribution in [1.29, 1.82) is 0 Å². The second kappa shape index (κ2) is 17.2. The highest BCUT2D eigenvalue weighted by molar-refractivity contribution is 6.07. The number of fused-ring (bicyclic) bond motifs is 6. The number of methoxy groups -OCH3 is 2. The first-order valence-electron chi connectivity index (χ1n) is 21.4. The van der Waals surface area contributed by atoms with Gasteiger partial charge in [-0.3, -0.25) is 9.59 Å². The maximum Gasteiger partial charge on any atom is 0.407 e. The summed E-state index contributed by atoms with van der Waals surface area (Å²) in [5, 5.41) is 16.5. The third-order valence-electron chi connectivity index (χ3n) is 12.5. The van der Waals surface area contributed by atoms with Crippen molar-refractivity contribution in [2.45, 2.75) is 64.4 Å². The lowest BCUT2D eigenvalue weighted by atomic mass is 9.92. The van der Waals surface area contributed by atoms with E-state index in [0.717, 1.165) is 55.5 Å². The summed E-state index contributed by atoms with van der Waals surface area (Å²) in [5.74, 6) is 1.13. The number of benzene rings is 4. The lowest BCUT2D eigenvalue weighted by Gasteiger charge is -2.30. The molecule has 0 saturated carbocycles. The van der Waals surface area contributed by atoms with Crippen molar-refractivity contribution < 1.29 is 38.5 Å². The number of likely N-dealkylation sites (tertiary alicyclic amines) is 1. The molecule has 1 fully saturated rings. The van der Waals surface area contributed by atoms with Crippen LogP contribution in [0.3, 0.4) is 0 Å². The molecule has 4 amide bonds. The Morgan fingerprint density at radius 3 is 2.53 bits per heavy atom. The van der Waals surface area contributed by atoms with E-state index in [-0.39, 0.29) is 29.7 Å². The minimum atomic E-state index is -1.24. The van der Waals surface area contributed by atoms with Crippen LogP contribution < -0.4 is 15.4 Å². The van der Waals surface area contributed by atoms with E-state index in [1.807, 2.05) is 81.4 Å². The van der Waals surface area contributed by atoms with Crippen molar-refractivity contribution in [3.63, 3.8) is 0 Å². The third kappa shape index (κ3) is 7.78. The molecule has 6 aromatic rings. The van der Waals surface area contributed by atoms with Gasteiger partial charge in [-0.2, -0.15) is 0 Å². The molecule has 2 aromatic heterocycles. The lowest BCUT2D eigenvalue weighted by Crippen LogP contribution is -2.51. The van der Waals surface area contributed by atoms with Crippen molar-refractivity contribution in [3.8, 4) is 28.1 Å². The molecule has 5 N–H and O–H groups in total. The fourth-order valence-corrected chi connectivity index (χ4v) is 9.36. The quantitative estimate of drug-likeness (QED) is 0.0865. The predicted octanol–water partition coefficient (Wildman–Crippen LogP) is 7.55. The van der Waals surface area contributed by atoms with Crippen molar-refractivity contribution in [2.75, 3.05) is 27.4 Å². The van der Waals surface area contributed by atoms with Crippen LogP contribution in [0.15, 0.2) is 85.1 Å². The molecule has 5 heterocycles. The van der Waals surface area contributed by atoms with Crippen LogP contribution in [0.4, 0.5) is 9.59 Å². The Kier molecular flexibility index (Phi) is 11.3. The number of hydrogen-bond donors (Lipinski definition) is 5. The molecule has 3 aliphatic rings. The highest BCUT2D eigenvalue weighted by atomic mass is 16.5. The van der Waals surface area contributed by atoms with Gasteiger partial charge in [0.2, 0.25) is 5.91 Å². The minimum absolute atomic E-state index is 0.0524.